The summed E-state index contributed by atoms with van der Waals surface area (Å²) in [6.45, 7) is 3.03. The van der Waals surface area contributed by atoms with Crippen molar-refractivity contribution in [3.05, 3.63) is 24.3 Å². The third-order valence-corrected chi connectivity index (χ3v) is 5.22. The van der Waals surface area contributed by atoms with E-state index in [0.29, 0.717) is 18.2 Å². The van der Waals surface area contributed by atoms with Crippen molar-refractivity contribution in [2.75, 3.05) is 11.9 Å². The molecule has 0 atom stereocenters. The molecule has 1 saturated carbocycles. The van der Waals surface area contributed by atoms with Crippen LogP contribution in [0.2, 0.25) is 0 Å². The fraction of sp³-hybridized carbons (Fsp3) is 0.467. The number of hydrogen-bond donors (Lipinski definition) is 3. The molecule has 1 aromatic carbocycles. The van der Waals surface area contributed by atoms with Crippen LogP contribution in [0.25, 0.3) is 0 Å². The summed E-state index contributed by atoms with van der Waals surface area (Å²) in [5.41, 5.74) is -1.23. The van der Waals surface area contributed by atoms with E-state index in [0.717, 1.165) is 12.8 Å². The predicted molar refractivity (Wildman–Crippen MR) is 84.4 cm³/mol. The molecular formula is C15H20N2O5S. The summed E-state index contributed by atoms with van der Waals surface area (Å²) in [4.78, 5) is 23.0. The molecule has 0 aromatic heterocycles. The van der Waals surface area contributed by atoms with Crippen LogP contribution in [-0.4, -0.2) is 31.9 Å². The SMILES string of the molecule is CC(C)(C(=O)O)C(=O)Nc1ccc(S(=O)(=O)NCC2CC2)cc1. The van der Waals surface area contributed by atoms with Gasteiger partial charge in [0.1, 0.15) is 5.41 Å². The van der Waals surface area contributed by atoms with Crippen molar-refractivity contribution in [2.45, 2.75) is 31.6 Å². The van der Waals surface area contributed by atoms with Gasteiger partial charge >= 0.3 is 5.97 Å². The standard InChI is InChI=1S/C15H20N2O5S/c1-15(2,14(19)20)13(18)17-11-5-7-12(8-6-11)23(21,22)16-9-10-3-4-10/h5-8,10,16H,3-4,9H2,1-2H3,(H,17,18)(H,19,20). The van der Waals surface area contributed by atoms with Crippen molar-refractivity contribution in [1.82, 2.24) is 4.72 Å². The van der Waals surface area contributed by atoms with E-state index in [2.05, 4.69) is 10.0 Å². The molecular weight excluding hydrogens is 320 g/mol. The van der Waals surface area contributed by atoms with Gasteiger partial charge in [-0.05, 0) is 56.9 Å². The number of anilines is 1. The van der Waals surface area contributed by atoms with Gasteiger partial charge in [0.25, 0.3) is 0 Å². The van der Waals surface area contributed by atoms with E-state index in [-0.39, 0.29) is 4.90 Å². The average molecular weight is 340 g/mol. The van der Waals surface area contributed by atoms with E-state index in [1.54, 1.807) is 0 Å². The second-order valence-corrected chi connectivity index (χ2v) is 7.97. The van der Waals surface area contributed by atoms with Crippen LogP contribution >= 0.6 is 0 Å². The van der Waals surface area contributed by atoms with Gasteiger partial charge in [0.15, 0.2) is 0 Å². The van der Waals surface area contributed by atoms with Gasteiger partial charge in [0.2, 0.25) is 15.9 Å². The first-order valence-corrected chi connectivity index (χ1v) is 8.76. The van der Waals surface area contributed by atoms with Crippen LogP contribution in [0.15, 0.2) is 29.2 Å². The van der Waals surface area contributed by atoms with Crippen LogP contribution in [0.1, 0.15) is 26.7 Å². The summed E-state index contributed by atoms with van der Waals surface area (Å²) in [5.74, 6) is -1.48. The number of carboxylic acid groups (broad SMARTS) is 1. The van der Waals surface area contributed by atoms with E-state index in [1.165, 1.54) is 38.1 Å². The minimum absolute atomic E-state index is 0.105. The molecule has 8 heteroatoms. The largest absolute Gasteiger partial charge is 0.480 e. The van der Waals surface area contributed by atoms with E-state index in [1.807, 2.05) is 0 Å². The molecule has 0 heterocycles. The lowest BCUT2D eigenvalue weighted by molar-refractivity contribution is -0.151. The van der Waals surface area contributed by atoms with Crippen molar-refractivity contribution in [3.8, 4) is 0 Å². The van der Waals surface area contributed by atoms with E-state index in [9.17, 15) is 18.0 Å². The maximum absolute atomic E-state index is 12.1. The first-order valence-electron chi connectivity index (χ1n) is 7.27. The molecule has 1 aliphatic rings. The fourth-order valence-corrected chi connectivity index (χ4v) is 2.85. The lowest BCUT2D eigenvalue weighted by atomic mass is 9.92. The summed E-state index contributed by atoms with van der Waals surface area (Å²) in [7, 11) is -3.56. The average Bonchev–Trinajstić information content (AvgIpc) is 3.30. The van der Waals surface area contributed by atoms with Crippen molar-refractivity contribution >= 4 is 27.6 Å². The number of benzene rings is 1. The Hall–Kier alpha value is -1.93. The summed E-state index contributed by atoms with van der Waals surface area (Å²) in [6.07, 6.45) is 2.10. The van der Waals surface area contributed by atoms with Crippen LogP contribution in [-0.2, 0) is 19.6 Å². The highest BCUT2D eigenvalue weighted by atomic mass is 32.2. The number of carboxylic acids is 1. The molecule has 0 aliphatic heterocycles. The molecule has 1 aromatic rings. The third kappa shape index (κ3) is 4.29. The Morgan fingerprint density at radius 3 is 2.26 bits per heavy atom. The van der Waals surface area contributed by atoms with Gasteiger partial charge in [-0.15, -0.1) is 0 Å². The summed E-state index contributed by atoms with van der Waals surface area (Å²) in [6, 6.07) is 5.61. The smallest absolute Gasteiger partial charge is 0.318 e. The van der Waals surface area contributed by atoms with Crippen LogP contribution < -0.4 is 10.0 Å². The molecule has 1 amide bonds. The summed E-state index contributed by atoms with van der Waals surface area (Å²) >= 11 is 0. The van der Waals surface area contributed by atoms with Gasteiger partial charge in [-0.1, -0.05) is 0 Å². The van der Waals surface area contributed by atoms with Gasteiger partial charge in [0, 0.05) is 12.2 Å². The van der Waals surface area contributed by atoms with Crippen LogP contribution in [0.5, 0.6) is 0 Å². The highest BCUT2D eigenvalue weighted by Gasteiger charge is 2.36. The zero-order valence-electron chi connectivity index (χ0n) is 13.0. The Kier molecular flexibility index (Phi) is 4.76. The lowest BCUT2D eigenvalue weighted by Gasteiger charge is -2.18. The van der Waals surface area contributed by atoms with Gasteiger partial charge < -0.3 is 10.4 Å². The van der Waals surface area contributed by atoms with Crippen LogP contribution in [0, 0.1) is 11.3 Å². The molecule has 0 radical (unpaired) electrons. The topological polar surface area (TPSA) is 113 Å². The number of carbonyl (C=O) groups is 2. The lowest BCUT2D eigenvalue weighted by Crippen LogP contribution is -2.37. The summed E-state index contributed by atoms with van der Waals surface area (Å²) in [5, 5.41) is 11.5. The number of rotatable bonds is 7. The highest BCUT2D eigenvalue weighted by Crippen LogP contribution is 2.28. The van der Waals surface area contributed by atoms with Gasteiger partial charge in [-0.2, -0.15) is 0 Å². The molecule has 3 N–H and O–H groups in total. The zero-order valence-corrected chi connectivity index (χ0v) is 13.8. The quantitative estimate of drug-likeness (QED) is 0.650. The molecule has 0 saturated heterocycles. The Bertz CT molecular complexity index is 706. The predicted octanol–water partition coefficient (Wildman–Crippen LogP) is 1.42. The number of sulfonamides is 1. The van der Waals surface area contributed by atoms with E-state index >= 15 is 0 Å². The molecule has 1 fully saturated rings. The maximum Gasteiger partial charge on any atom is 0.318 e. The molecule has 0 unspecified atom stereocenters. The van der Waals surface area contributed by atoms with E-state index < -0.39 is 27.3 Å². The number of amides is 1. The van der Waals surface area contributed by atoms with Crippen molar-refractivity contribution in [1.29, 1.82) is 0 Å². The summed E-state index contributed by atoms with van der Waals surface area (Å²) < 4.78 is 26.7. The molecule has 0 bridgehead atoms. The minimum Gasteiger partial charge on any atom is -0.480 e. The van der Waals surface area contributed by atoms with Crippen molar-refractivity contribution in [2.24, 2.45) is 11.3 Å². The molecule has 1 aliphatic carbocycles. The maximum atomic E-state index is 12.1. The first-order chi connectivity index (χ1) is 10.6. The third-order valence-electron chi connectivity index (χ3n) is 3.78. The Morgan fingerprint density at radius 1 is 1.22 bits per heavy atom. The fourth-order valence-electron chi connectivity index (χ4n) is 1.73. The van der Waals surface area contributed by atoms with Gasteiger partial charge in [-0.25, -0.2) is 13.1 Å². The van der Waals surface area contributed by atoms with Gasteiger partial charge in [0.05, 0.1) is 4.90 Å². The van der Waals surface area contributed by atoms with E-state index in [4.69, 9.17) is 5.11 Å². The minimum atomic E-state index is -3.56. The number of aliphatic carboxylic acids is 1. The molecule has 2 rings (SSSR count). The number of nitrogens with one attached hydrogen (secondary N) is 2. The molecule has 7 nitrogen and oxygen atoms in total. The van der Waals surface area contributed by atoms with Gasteiger partial charge in [-0.3, -0.25) is 9.59 Å². The Morgan fingerprint density at radius 2 is 1.78 bits per heavy atom. The zero-order chi connectivity index (χ0) is 17.3. The number of hydrogen-bond acceptors (Lipinski definition) is 4. The Balaban J connectivity index is 2.04. The molecule has 126 valence electrons. The number of carbonyl (C=O) groups excluding carboxylic acids is 1. The Labute approximate surface area is 135 Å². The second-order valence-electron chi connectivity index (χ2n) is 6.20. The van der Waals surface area contributed by atoms with Crippen molar-refractivity contribution in [3.63, 3.8) is 0 Å². The molecule has 0 spiro atoms. The highest BCUT2D eigenvalue weighted by molar-refractivity contribution is 7.89. The van der Waals surface area contributed by atoms with Crippen molar-refractivity contribution < 1.29 is 23.1 Å². The van der Waals surface area contributed by atoms with Crippen LogP contribution in [0.4, 0.5) is 5.69 Å². The monoisotopic (exact) mass is 340 g/mol. The molecule has 23 heavy (non-hydrogen) atoms. The first kappa shape index (κ1) is 17.4. The second kappa shape index (κ2) is 6.29. The normalized spacial score (nSPS) is 15.2. The van der Waals surface area contributed by atoms with Crippen LogP contribution in [0.3, 0.4) is 0 Å².